The van der Waals surface area contributed by atoms with E-state index >= 15 is 0 Å². The molecular formula is C19H19NO2S. The van der Waals surface area contributed by atoms with Crippen LogP contribution < -0.4 is 0 Å². The van der Waals surface area contributed by atoms with Crippen LogP contribution in [-0.2, 0) is 24.3 Å². The Hall–Kier alpha value is -2.33. The third-order valence-electron chi connectivity index (χ3n) is 3.70. The van der Waals surface area contributed by atoms with Crippen LogP contribution in [-0.4, -0.2) is 10.8 Å². The Morgan fingerprint density at radius 2 is 1.87 bits per heavy atom. The number of aryl methyl sites for hydroxylation is 1. The zero-order valence-electron chi connectivity index (χ0n) is 12.9. The van der Waals surface area contributed by atoms with Gasteiger partial charge in [0, 0.05) is 13.0 Å². The van der Waals surface area contributed by atoms with E-state index in [0.29, 0.717) is 19.5 Å². The lowest BCUT2D eigenvalue weighted by atomic mass is 10.1. The van der Waals surface area contributed by atoms with Gasteiger partial charge >= 0.3 is 0 Å². The summed E-state index contributed by atoms with van der Waals surface area (Å²) in [5, 5.41) is 4.14. The zero-order valence-corrected chi connectivity index (χ0v) is 13.7. The predicted molar refractivity (Wildman–Crippen MR) is 92.0 cm³/mol. The Bertz CT molecular complexity index is 705. The number of amides is 1. The number of carbonyl (C=O) groups excluding carboxylic acids is 1. The highest BCUT2D eigenvalue weighted by Gasteiger charge is 2.16. The molecule has 0 bridgehead atoms. The maximum Gasteiger partial charge on any atom is 0.223 e. The number of thiophene rings is 1. The van der Waals surface area contributed by atoms with Gasteiger partial charge in [0.1, 0.15) is 5.76 Å². The Labute approximate surface area is 140 Å². The standard InChI is InChI=1S/C19H19NO2S/c21-19(9-8-17-10-12-23-15-17)20(14-18-7-4-11-22-18)13-16-5-2-1-3-6-16/h1-7,10-12,15H,8-9,13-14H2. The summed E-state index contributed by atoms with van der Waals surface area (Å²) in [7, 11) is 0. The van der Waals surface area contributed by atoms with E-state index in [1.807, 2.05) is 52.7 Å². The van der Waals surface area contributed by atoms with Crippen molar-refractivity contribution in [3.63, 3.8) is 0 Å². The molecule has 1 aromatic carbocycles. The third-order valence-corrected chi connectivity index (χ3v) is 4.44. The van der Waals surface area contributed by atoms with Gasteiger partial charge in [-0.05, 0) is 46.5 Å². The van der Waals surface area contributed by atoms with E-state index in [2.05, 4.69) is 11.4 Å². The van der Waals surface area contributed by atoms with Crippen LogP contribution in [0.25, 0.3) is 0 Å². The van der Waals surface area contributed by atoms with Gasteiger partial charge in [0.15, 0.2) is 0 Å². The van der Waals surface area contributed by atoms with Crippen LogP contribution in [0.15, 0.2) is 70.0 Å². The number of benzene rings is 1. The molecule has 23 heavy (non-hydrogen) atoms. The van der Waals surface area contributed by atoms with E-state index in [0.717, 1.165) is 17.7 Å². The lowest BCUT2D eigenvalue weighted by Crippen LogP contribution is -2.30. The number of furan rings is 1. The van der Waals surface area contributed by atoms with Crippen molar-refractivity contribution in [2.45, 2.75) is 25.9 Å². The molecule has 0 fully saturated rings. The van der Waals surface area contributed by atoms with Gasteiger partial charge in [-0.1, -0.05) is 30.3 Å². The largest absolute Gasteiger partial charge is 0.467 e. The summed E-state index contributed by atoms with van der Waals surface area (Å²) in [6, 6.07) is 15.9. The van der Waals surface area contributed by atoms with Crippen LogP contribution in [0.2, 0.25) is 0 Å². The molecule has 0 aliphatic heterocycles. The molecule has 0 radical (unpaired) electrons. The molecule has 4 heteroatoms. The van der Waals surface area contributed by atoms with E-state index in [1.165, 1.54) is 5.56 Å². The smallest absolute Gasteiger partial charge is 0.223 e. The minimum absolute atomic E-state index is 0.149. The number of carbonyl (C=O) groups is 1. The van der Waals surface area contributed by atoms with E-state index in [-0.39, 0.29) is 5.91 Å². The molecule has 2 aromatic heterocycles. The van der Waals surface area contributed by atoms with Crippen LogP contribution in [0.5, 0.6) is 0 Å². The maximum atomic E-state index is 12.7. The number of nitrogens with zero attached hydrogens (tertiary/aromatic N) is 1. The fourth-order valence-corrected chi connectivity index (χ4v) is 3.17. The second-order valence-corrected chi connectivity index (χ2v) is 6.23. The van der Waals surface area contributed by atoms with Gasteiger partial charge in [-0.15, -0.1) is 0 Å². The molecule has 0 unspecified atom stereocenters. The monoisotopic (exact) mass is 325 g/mol. The summed E-state index contributed by atoms with van der Waals surface area (Å²) in [6.07, 6.45) is 2.95. The fourth-order valence-electron chi connectivity index (χ4n) is 2.47. The van der Waals surface area contributed by atoms with Crippen molar-refractivity contribution < 1.29 is 9.21 Å². The van der Waals surface area contributed by atoms with Gasteiger partial charge in [0.05, 0.1) is 12.8 Å². The molecule has 0 spiro atoms. The van der Waals surface area contributed by atoms with Crippen molar-refractivity contribution in [2.75, 3.05) is 0 Å². The fraction of sp³-hybridized carbons (Fsp3) is 0.211. The van der Waals surface area contributed by atoms with Gasteiger partial charge in [-0.3, -0.25) is 4.79 Å². The molecule has 3 rings (SSSR count). The van der Waals surface area contributed by atoms with Crippen molar-refractivity contribution in [2.24, 2.45) is 0 Å². The second kappa shape index (κ2) is 7.79. The summed E-state index contributed by atoms with van der Waals surface area (Å²) in [5.41, 5.74) is 2.35. The molecule has 0 saturated carbocycles. The predicted octanol–water partition coefficient (Wildman–Crippen LogP) is 4.50. The van der Waals surface area contributed by atoms with Crippen molar-refractivity contribution in [3.8, 4) is 0 Å². The molecule has 0 aliphatic rings. The van der Waals surface area contributed by atoms with Gasteiger partial charge in [0.25, 0.3) is 0 Å². The van der Waals surface area contributed by atoms with Crippen LogP contribution in [0, 0.1) is 0 Å². The first-order chi connectivity index (χ1) is 11.3. The summed E-state index contributed by atoms with van der Waals surface area (Å²) in [5.74, 6) is 0.960. The first-order valence-electron chi connectivity index (χ1n) is 7.66. The molecule has 3 nitrogen and oxygen atoms in total. The highest BCUT2D eigenvalue weighted by Crippen LogP contribution is 2.14. The minimum atomic E-state index is 0.149. The Balaban J connectivity index is 1.67. The van der Waals surface area contributed by atoms with Crippen LogP contribution >= 0.6 is 11.3 Å². The average molecular weight is 325 g/mol. The van der Waals surface area contributed by atoms with Gasteiger partial charge < -0.3 is 9.32 Å². The van der Waals surface area contributed by atoms with Crippen molar-refractivity contribution in [3.05, 3.63) is 82.4 Å². The number of hydrogen-bond acceptors (Lipinski definition) is 3. The van der Waals surface area contributed by atoms with E-state index < -0.39 is 0 Å². The van der Waals surface area contributed by atoms with E-state index in [1.54, 1.807) is 17.6 Å². The average Bonchev–Trinajstić information content (AvgIpc) is 3.26. The van der Waals surface area contributed by atoms with Crippen LogP contribution in [0.3, 0.4) is 0 Å². The number of rotatable bonds is 7. The molecular weight excluding hydrogens is 306 g/mol. The Morgan fingerprint density at radius 3 is 2.57 bits per heavy atom. The summed E-state index contributed by atoms with van der Waals surface area (Å²) < 4.78 is 5.41. The summed E-state index contributed by atoms with van der Waals surface area (Å²) in [6.45, 7) is 1.11. The SMILES string of the molecule is O=C(CCc1ccsc1)N(Cc1ccccc1)Cc1ccco1. The van der Waals surface area contributed by atoms with Crippen molar-refractivity contribution in [1.82, 2.24) is 4.90 Å². The molecule has 0 N–H and O–H groups in total. The molecule has 0 saturated heterocycles. The Morgan fingerprint density at radius 1 is 1.00 bits per heavy atom. The minimum Gasteiger partial charge on any atom is -0.467 e. The van der Waals surface area contributed by atoms with Crippen LogP contribution in [0.4, 0.5) is 0 Å². The maximum absolute atomic E-state index is 12.7. The lowest BCUT2D eigenvalue weighted by Gasteiger charge is -2.22. The molecule has 0 atom stereocenters. The van der Waals surface area contributed by atoms with Gasteiger partial charge in [-0.25, -0.2) is 0 Å². The normalized spacial score (nSPS) is 10.6. The summed E-state index contributed by atoms with van der Waals surface area (Å²) >= 11 is 1.67. The van der Waals surface area contributed by atoms with Crippen molar-refractivity contribution in [1.29, 1.82) is 0 Å². The number of hydrogen-bond donors (Lipinski definition) is 0. The van der Waals surface area contributed by atoms with Gasteiger partial charge in [0.2, 0.25) is 5.91 Å². The van der Waals surface area contributed by atoms with E-state index in [9.17, 15) is 4.79 Å². The molecule has 118 valence electrons. The van der Waals surface area contributed by atoms with Gasteiger partial charge in [-0.2, -0.15) is 11.3 Å². The first kappa shape index (κ1) is 15.6. The summed E-state index contributed by atoms with van der Waals surface area (Å²) in [4.78, 5) is 14.5. The first-order valence-corrected chi connectivity index (χ1v) is 8.61. The zero-order chi connectivity index (χ0) is 15.9. The highest BCUT2D eigenvalue weighted by atomic mass is 32.1. The second-order valence-electron chi connectivity index (χ2n) is 5.45. The lowest BCUT2D eigenvalue weighted by molar-refractivity contribution is -0.132. The quantitative estimate of drug-likeness (QED) is 0.641. The topological polar surface area (TPSA) is 33.5 Å². The van der Waals surface area contributed by atoms with Crippen molar-refractivity contribution >= 4 is 17.2 Å². The third kappa shape index (κ3) is 4.57. The molecule has 0 aliphatic carbocycles. The molecule has 1 amide bonds. The van der Waals surface area contributed by atoms with Crippen LogP contribution in [0.1, 0.15) is 23.3 Å². The Kier molecular flexibility index (Phi) is 5.27. The van der Waals surface area contributed by atoms with E-state index in [4.69, 9.17) is 4.42 Å². The highest BCUT2D eigenvalue weighted by molar-refractivity contribution is 7.07. The molecule has 2 heterocycles. The molecule has 3 aromatic rings.